The molecule has 0 radical (unpaired) electrons. The molecule has 0 bridgehead atoms. The maximum absolute atomic E-state index is 12.3. The van der Waals surface area contributed by atoms with Crippen molar-refractivity contribution in [2.24, 2.45) is 0 Å². The van der Waals surface area contributed by atoms with Crippen LogP contribution in [0.15, 0.2) is 30.2 Å². The van der Waals surface area contributed by atoms with Gasteiger partial charge in [0.25, 0.3) is 0 Å². The summed E-state index contributed by atoms with van der Waals surface area (Å²) in [6, 6.07) is 0. The van der Waals surface area contributed by atoms with Gasteiger partial charge in [-0.05, 0) is 12.7 Å². The van der Waals surface area contributed by atoms with E-state index >= 15 is 0 Å². The summed E-state index contributed by atoms with van der Waals surface area (Å²) in [4.78, 5) is 29.6. The molecule has 192 valence electrons. The summed E-state index contributed by atoms with van der Waals surface area (Å²) in [7, 11) is -4.47. The summed E-state index contributed by atoms with van der Waals surface area (Å²) in [5.41, 5.74) is 0.928. The van der Waals surface area contributed by atoms with E-state index in [2.05, 4.69) is 32.2 Å². The fourth-order valence-corrected chi connectivity index (χ4v) is 5.34. The molecule has 5 atom stereocenters. The van der Waals surface area contributed by atoms with Crippen LogP contribution >= 0.6 is 31.3 Å². The average molecular weight is 568 g/mol. The van der Waals surface area contributed by atoms with Crippen LogP contribution in [0.3, 0.4) is 0 Å². The molecular weight excluding hydrogens is 540 g/mol. The van der Waals surface area contributed by atoms with E-state index in [0.717, 1.165) is 28.6 Å². The van der Waals surface area contributed by atoms with E-state index in [0.29, 0.717) is 28.7 Å². The molecule has 0 saturated carbocycles. The maximum Gasteiger partial charge on any atom is 1.00 e. The zero-order valence-electron chi connectivity index (χ0n) is 20.1. The number of hydrogen-bond donors (Lipinski definition) is 3. The first-order valence-corrected chi connectivity index (χ1v) is 14.8. The smallest absolute Gasteiger partial charge is 0.761 e. The number of nitrogens with zero attached hydrogens (tertiary/aromatic N) is 6. The number of rotatable bonds is 12. The average Bonchev–Trinajstić information content (AvgIpc) is 3.58. The fraction of sp³-hybridized carbons (Fsp3) is 0.579. The Balaban J connectivity index is 0.00000361. The Hall–Kier alpha value is -0.710. The summed E-state index contributed by atoms with van der Waals surface area (Å²) < 4.78 is 25.5. The zero-order valence-corrected chi connectivity index (χ0v) is 24.7. The molecule has 1 aliphatic rings. The third-order valence-corrected chi connectivity index (χ3v) is 8.16. The van der Waals surface area contributed by atoms with Crippen molar-refractivity contribution in [3.05, 3.63) is 25.0 Å². The number of nitrogens with one attached hydrogen (secondary N) is 1. The molecule has 0 spiro atoms. The third kappa shape index (κ3) is 6.64. The Morgan fingerprint density at radius 2 is 2.08 bits per heavy atom. The van der Waals surface area contributed by atoms with Crippen molar-refractivity contribution < 1.29 is 58.5 Å². The Kier molecular flexibility index (Phi) is 11.1. The number of imidazole rings is 2. The van der Waals surface area contributed by atoms with Crippen molar-refractivity contribution in [2.45, 2.75) is 43.0 Å². The molecule has 0 amide bonds. The predicted molar refractivity (Wildman–Crippen MR) is 130 cm³/mol. The second-order valence-electron chi connectivity index (χ2n) is 7.70. The molecule has 17 heteroatoms. The first-order valence-electron chi connectivity index (χ1n) is 10.9. The van der Waals surface area contributed by atoms with Gasteiger partial charge >= 0.3 is 29.6 Å². The minimum absolute atomic E-state index is 0. The third-order valence-electron chi connectivity index (χ3n) is 5.22. The van der Waals surface area contributed by atoms with E-state index in [9.17, 15) is 19.7 Å². The summed E-state index contributed by atoms with van der Waals surface area (Å²) in [6.45, 7) is 2.26. The van der Waals surface area contributed by atoms with Gasteiger partial charge in [0.1, 0.15) is 24.6 Å². The number of fused-ring (bicyclic) bond motifs is 1. The van der Waals surface area contributed by atoms with Gasteiger partial charge in [0.15, 0.2) is 28.4 Å². The number of aliphatic hydroxyl groups excluding tert-OH is 2. The van der Waals surface area contributed by atoms with Crippen molar-refractivity contribution in [3.8, 4) is 0 Å². The standard InChI is InChI=1S/C19H28N7O6PS2.Na/c1-3-7-35-19-23-16(21-5-8-34-2)13-17(24-19)26(11-22-13)18-15(28)14(27)12(32-18)9-31-33(29,30)25-6-4-20-10-25;/h4,6,10-12,14-15,18,27-28H,3,5,7-9H2,1-2H3,(H,29,30)(H,21,23,24);/q;+1/p-1/t12-,14-,15-,18-;/m1./s1. The van der Waals surface area contributed by atoms with E-state index < -0.39 is 38.9 Å². The number of aliphatic hydroxyl groups is 2. The van der Waals surface area contributed by atoms with Crippen molar-refractivity contribution in [1.29, 1.82) is 0 Å². The molecule has 36 heavy (non-hydrogen) atoms. The summed E-state index contributed by atoms with van der Waals surface area (Å²) >= 11 is 3.20. The molecule has 13 nitrogen and oxygen atoms in total. The molecule has 1 fully saturated rings. The molecule has 4 rings (SSSR count). The first-order chi connectivity index (χ1) is 16.9. The minimum atomic E-state index is -4.47. The molecule has 1 saturated heterocycles. The predicted octanol–water partition coefficient (Wildman–Crippen LogP) is -2.04. The molecule has 3 aromatic heterocycles. The van der Waals surface area contributed by atoms with Crippen molar-refractivity contribution in [2.75, 3.05) is 36.2 Å². The molecule has 4 heterocycles. The van der Waals surface area contributed by atoms with Gasteiger partial charge in [-0.25, -0.2) is 19.9 Å². The Morgan fingerprint density at radius 1 is 1.28 bits per heavy atom. The van der Waals surface area contributed by atoms with Crippen molar-refractivity contribution >= 4 is 48.3 Å². The van der Waals surface area contributed by atoms with Crippen LogP contribution in [0.4, 0.5) is 5.82 Å². The molecule has 3 N–H and O–H groups in total. The fourth-order valence-electron chi connectivity index (χ4n) is 3.46. The van der Waals surface area contributed by atoms with Gasteiger partial charge in [0.05, 0.1) is 12.9 Å². The number of anilines is 1. The SMILES string of the molecule is CCCSc1nc(NCCSC)c2ncn([C@@H]3O[C@H](COP(=O)([O-])n4ccnc4)[C@@H](O)[C@H]3O)c2n1.[Na+]. The van der Waals surface area contributed by atoms with E-state index in [1.54, 1.807) is 11.8 Å². The minimum Gasteiger partial charge on any atom is -0.761 e. The zero-order chi connectivity index (χ0) is 25.0. The van der Waals surface area contributed by atoms with Gasteiger partial charge < -0.3 is 29.7 Å². The quantitative estimate of drug-likeness (QED) is 0.0719. The number of thioether (sulfide) groups is 2. The maximum atomic E-state index is 12.3. The molecule has 1 unspecified atom stereocenters. The monoisotopic (exact) mass is 567 g/mol. The van der Waals surface area contributed by atoms with Gasteiger partial charge in [-0.3, -0.25) is 13.5 Å². The van der Waals surface area contributed by atoms with Crippen LogP contribution in [0.2, 0.25) is 0 Å². The molecule has 0 aliphatic carbocycles. The van der Waals surface area contributed by atoms with Crippen LogP contribution < -0.4 is 39.8 Å². The van der Waals surface area contributed by atoms with Gasteiger partial charge in [-0.15, -0.1) is 0 Å². The normalized spacial score (nSPS) is 23.5. The Bertz CT molecular complexity index is 1170. The van der Waals surface area contributed by atoms with Crippen molar-refractivity contribution in [3.63, 3.8) is 0 Å². The number of aromatic nitrogens is 6. The van der Waals surface area contributed by atoms with Crippen LogP contribution in [0.1, 0.15) is 19.6 Å². The van der Waals surface area contributed by atoms with Gasteiger partial charge in [0, 0.05) is 30.4 Å². The van der Waals surface area contributed by atoms with Crippen molar-refractivity contribution in [1.82, 2.24) is 28.8 Å². The molecule has 1 aliphatic heterocycles. The van der Waals surface area contributed by atoms with E-state index in [1.165, 1.54) is 35.0 Å². The van der Waals surface area contributed by atoms with E-state index in [-0.39, 0.29) is 29.6 Å². The largest absolute Gasteiger partial charge is 1.00 e. The van der Waals surface area contributed by atoms with Crippen LogP contribution in [0, 0.1) is 0 Å². The van der Waals surface area contributed by atoms with E-state index in [1.807, 2.05) is 6.26 Å². The number of hydrogen-bond acceptors (Lipinski definition) is 13. The summed E-state index contributed by atoms with van der Waals surface area (Å²) in [5.74, 6) is 2.28. The molecular formula is C19H27N7NaO6PS2. The number of ether oxygens (including phenoxy) is 1. The molecule has 0 aromatic carbocycles. The van der Waals surface area contributed by atoms with Gasteiger partial charge in [-0.1, -0.05) is 18.7 Å². The van der Waals surface area contributed by atoms with Gasteiger partial charge in [0.2, 0.25) is 7.75 Å². The summed E-state index contributed by atoms with van der Waals surface area (Å²) in [5, 5.41) is 25.1. The molecule has 3 aromatic rings. The van der Waals surface area contributed by atoms with Crippen LogP contribution in [-0.4, -0.2) is 88.3 Å². The van der Waals surface area contributed by atoms with Crippen LogP contribution in [-0.2, 0) is 13.8 Å². The second-order valence-corrected chi connectivity index (χ2v) is 11.4. The topological polar surface area (TPSA) is 172 Å². The Labute approximate surface area is 238 Å². The summed E-state index contributed by atoms with van der Waals surface area (Å²) in [6.07, 6.45) is 3.13. The van der Waals surface area contributed by atoms with E-state index in [4.69, 9.17) is 9.26 Å². The Morgan fingerprint density at radius 3 is 2.78 bits per heavy atom. The second kappa shape index (κ2) is 13.4. The van der Waals surface area contributed by atoms with Crippen LogP contribution in [0.25, 0.3) is 11.2 Å². The van der Waals surface area contributed by atoms with Gasteiger partial charge in [-0.2, -0.15) is 11.8 Å². The van der Waals surface area contributed by atoms with Crippen LogP contribution in [0.5, 0.6) is 0 Å². The first kappa shape index (κ1) is 29.8.